The molecule has 1 unspecified atom stereocenters. The molecule has 2 aliphatic carbocycles. The highest BCUT2D eigenvalue weighted by Gasteiger charge is 2.46. The SMILES string of the molecule is O=S(=O)(Nc1ccc(Cl)c2c(Cl)c[nH]c12)c1ccc(OC2C[C@@H]3C[C@@H]3C2)cc1. The molecular formula is C20H18Cl2N2O3S. The van der Waals surface area contributed by atoms with Gasteiger partial charge >= 0.3 is 0 Å². The van der Waals surface area contributed by atoms with Crippen molar-refractivity contribution in [1.29, 1.82) is 0 Å². The predicted molar refractivity (Wildman–Crippen MR) is 111 cm³/mol. The second-order valence-corrected chi connectivity index (χ2v) is 10.0. The number of rotatable bonds is 5. The maximum atomic E-state index is 12.8. The van der Waals surface area contributed by atoms with E-state index in [4.69, 9.17) is 27.9 Å². The van der Waals surface area contributed by atoms with Crippen LogP contribution in [0, 0.1) is 11.8 Å². The number of halogens is 2. The van der Waals surface area contributed by atoms with E-state index < -0.39 is 10.0 Å². The van der Waals surface area contributed by atoms with E-state index in [1.165, 1.54) is 6.42 Å². The van der Waals surface area contributed by atoms with Crippen LogP contribution in [0.2, 0.25) is 10.0 Å². The van der Waals surface area contributed by atoms with E-state index in [1.807, 2.05) is 0 Å². The van der Waals surface area contributed by atoms with Gasteiger partial charge in [-0.3, -0.25) is 4.72 Å². The molecule has 3 aromatic rings. The van der Waals surface area contributed by atoms with E-state index in [0.717, 1.165) is 24.7 Å². The Hall–Kier alpha value is -1.89. The third-order valence-corrected chi connectivity index (χ3v) is 7.61. The minimum atomic E-state index is -3.77. The molecule has 2 N–H and O–H groups in total. The molecule has 0 aliphatic heterocycles. The number of aromatic amines is 1. The highest BCUT2D eigenvalue weighted by Crippen LogP contribution is 2.52. The van der Waals surface area contributed by atoms with Crippen LogP contribution in [0.25, 0.3) is 10.9 Å². The fourth-order valence-electron chi connectivity index (χ4n) is 4.10. The predicted octanol–water partition coefficient (Wildman–Crippen LogP) is 5.45. The summed E-state index contributed by atoms with van der Waals surface area (Å²) in [5.74, 6) is 2.38. The Kier molecular flexibility index (Phi) is 4.27. The highest BCUT2D eigenvalue weighted by molar-refractivity contribution is 7.92. The van der Waals surface area contributed by atoms with E-state index in [1.54, 1.807) is 42.6 Å². The fraction of sp³-hybridized carbons (Fsp3) is 0.300. The summed E-state index contributed by atoms with van der Waals surface area (Å²) in [7, 11) is -3.77. The molecule has 8 heteroatoms. The molecule has 0 amide bonds. The average Bonchev–Trinajstić information content (AvgIpc) is 3.07. The number of ether oxygens (including phenoxy) is 1. The zero-order valence-electron chi connectivity index (χ0n) is 14.8. The minimum absolute atomic E-state index is 0.162. The molecule has 0 spiro atoms. The largest absolute Gasteiger partial charge is 0.490 e. The molecule has 3 atom stereocenters. The van der Waals surface area contributed by atoms with Crippen molar-refractivity contribution >= 4 is 49.8 Å². The first kappa shape index (κ1) is 18.2. The van der Waals surface area contributed by atoms with Gasteiger partial charge in [0, 0.05) is 11.6 Å². The van der Waals surface area contributed by atoms with Gasteiger partial charge in [-0.05, 0) is 67.5 Å². The lowest BCUT2D eigenvalue weighted by Gasteiger charge is -2.15. The van der Waals surface area contributed by atoms with Crippen LogP contribution in [-0.4, -0.2) is 19.5 Å². The maximum absolute atomic E-state index is 12.8. The van der Waals surface area contributed by atoms with Crippen molar-refractivity contribution in [2.75, 3.05) is 4.72 Å². The lowest BCUT2D eigenvalue weighted by Crippen LogP contribution is -2.15. The molecule has 2 fully saturated rings. The van der Waals surface area contributed by atoms with Gasteiger partial charge in [-0.15, -0.1) is 0 Å². The molecule has 5 nitrogen and oxygen atoms in total. The number of nitrogens with one attached hydrogen (secondary N) is 2. The van der Waals surface area contributed by atoms with Crippen LogP contribution in [-0.2, 0) is 10.0 Å². The second kappa shape index (κ2) is 6.58. The van der Waals surface area contributed by atoms with Crippen LogP contribution in [0.5, 0.6) is 5.75 Å². The number of benzene rings is 2. The Morgan fingerprint density at radius 1 is 0.964 bits per heavy atom. The van der Waals surface area contributed by atoms with Crippen molar-refractivity contribution in [3.05, 3.63) is 52.6 Å². The van der Waals surface area contributed by atoms with Crippen LogP contribution in [0.3, 0.4) is 0 Å². The number of fused-ring (bicyclic) bond motifs is 2. The number of anilines is 1. The van der Waals surface area contributed by atoms with Gasteiger partial charge in [-0.25, -0.2) is 8.42 Å². The summed E-state index contributed by atoms with van der Waals surface area (Å²) in [6.07, 6.45) is 5.39. The molecular weight excluding hydrogens is 419 g/mol. The molecule has 5 rings (SSSR count). The highest BCUT2D eigenvalue weighted by atomic mass is 35.5. The smallest absolute Gasteiger partial charge is 0.261 e. The van der Waals surface area contributed by atoms with Crippen LogP contribution in [0.4, 0.5) is 5.69 Å². The molecule has 2 aromatic carbocycles. The molecule has 1 heterocycles. The summed E-state index contributed by atoms with van der Waals surface area (Å²) in [5, 5.41) is 1.48. The van der Waals surface area contributed by atoms with Crippen molar-refractivity contribution in [2.24, 2.45) is 11.8 Å². The fourth-order valence-corrected chi connectivity index (χ4v) is 5.73. The summed E-state index contributed by atoms with van der Waals surface area (Å²) < 4.78 is 34.2. The Morgan fingerprint density at radius 3 is 2.39 bits per heavy atom. The van der Waals surface area contributed by atoms with Crippen molar-refractivity contribution in [2.45, 2.75) is 30.3 Å². The standard InChI is InChI=1S/C20H18Cl2N2O3S/c21-16-5-6-18(20-19(16)17(22)10-23-20)24-28(25,26)15-3-1-13(2-4-15)27-14-8-11-7-12(11)9-14/h1-6,10-12,14,23-24H,7-9H2/t11-,12+,14?. The molecule has 2 saturated carbocycles. The summed E-state index contributed by atoms with van der Waals surface area (Å²) in [6, 6.07) is 9.76. The number of hydrogen-bond acceptors (Lipinski definition) is 3. The van der Waals surface area contributed by atoms with Gasteiger partial charge in [0.2, 0.25) is 0 Å². The zero-order chi connectivity index (χ0) is 19.5. The number of H-pyrrole nitrogens is 1. The first-order chi connectivity index (χ1) is 13.4. The van der Waals surface area contributed by atoms with E-state index in [-0.39, 0.29) is 11.0 Å². The van der Waals surface area contributed by atoms with Crippen LogP contribution in [0.1, 0.15) is 19.3 Å². The van der Waals surface area contributed by atoms with Crippen LogP contribution < -0.4 is 9.46 Å². The summed E-state index contributed by atoms with van der Waals surface area (Å²) >= 11 is 12.3. The van der Waals surface area contributed by atoms with Crippen LogP contribution >= 0.6 is 23.2 Å². The average molecular weight is 437 g/mol. The van der Waals surface area contributed by atoms with Crippen molar-refractivity contribution < 1.29 is 13.2 Å². The maximum Gasteiger partial charge on any atom is 0.261 e. The van der Waals surface area contributed by atoms with Crippen LogP contribution in [0.15, 0.2) is 47.5 Å². The van der Waals surface area contributed by atoms with Gasteiger partial charge in [0.1, 0.15) is 5.75 Å². The molecule has 2 aliphatic rings. The minimum Gasteiger partial charge on any atom is -0.490 e. The van der Waals surface area contributed by atoms with Gasteiger partial charge in [-0.1, -0.05) is 23.2 Å². The van der Waals surface area contributed by atoms with Gasteiger partial charge in [-0.2, -0.15) is 0 Å². The molecule has 0 radical (unpaired) electrons. The molecule has 1 aromatic heterocycles. The third-order valence-electron chi connectivity index (χ3n) is 5.62. The molecule has 0 saturated heterocycles. The van der Waals surface area contributed by atoms with Gasteiger partial charge in [0.15, 0.2) is 0 Å². The summed E-state index contributed by atoms with van der Waals surface area (Å²) in [5.41, 5.74) is 0.928. The van der Waals surface area contributed by atoms with Crippen molar-refractivity contribution in [1.82, 2.24) is 4.98 Å². The zero-order valence-corrected chi connectivity index (χ0v) is 17.1. The van der Waals surface area contributed by atoms with E-state index in [9.17, 15) is 8.42 Å². The lowest BCUT2D eigenvalue weighted by molar-refractivity contribution is 0.194. The normalized spacial score (nSPS) is 23.6. The van der Waals surface area contributed by atoms with Gasteiger partial charge in [0.05, 0.1) is 32.2 Å². The number of hydrogen-bond donors (Lipinski definition) is 2. The third kappa shape index (κ3) is 3.23. The Morgan fingerprint density at radius 2 is 1.68 bits per heavy atom. The summed E-state index contributed by atoms with van der Waals surface area (Å²) in [6.45, 7) is 0. The number of aromatic nitrogens is 1. The number of sulfonamides is 1. The first-order valence-corrected chi connectivity index (χ1v) is 11.4. The van der Waals surface area contributed by atoms with Gasteiger partial charge < -0.3 is 9.72 Å². The Labute approximate surface area is 173 Å². The Balaban J connectivity index is 1.36. The second-order valence-electron chi connectivity index (χ2n) is 7.53. The van der Waals surface area contributed by atoms with E-state index in [2.05, 4.69) is 9.71 Å². The van der Waals surface area contributed by atoms with E-state index >= 15 is 0 Å². The monoisotopic (exact) mass is 436 g/mol. The van der Waals surface area contributed by atoms with Crippen molar-refractivity contribution in [3.63, 3.8) is 0 Å². The topological polar surface area (TPSA) is 71.2 Å². The molecule has 146 valence electrons. The molecule has 0 bridgehead atoms. The molecule has 28 heavy (non-hydrogen) atoms. The van der Waals surface area contributed by atoms with E-state index in [0.29, 0.717) is 32.4 Å². The quantitative estimate of drug-likeness (QED) is 0.558. The first-order valence-electron chi connectivity index (χ1n) is 9.15. The lowest BCUT2D eigenvalue weighted by atomic mass is 10.2. The Bertz CT molecular complexity index is 1150. The van der Waals surface area contributed by atoms with Gasteiger partial charge in [0.25, 0.3) is 10.0 Å². The van der Waals surface area contributed by atoms with Crippen molar-refractivity contribution in [3.8, 4) is 5.75 Å². The summed E-state index contributed by atoms with van der Waals surface area (Å²) in [4.78, 5) is 3.13.